The lowest BCUT2D eigenvalue weighted by atomic mass is 9.96. The molecule has 1 aromatic carbocycles. The molecule has 4 rings (SSSR count). The maximum absolute atomic E-state index is 13.1. The normalized spacial score (nSPS) is 14.0. The Bertz CT molecular complexity index is 1240. The SMILES string of the molecule is CCOC(=O)c1c(C)c(C2CC2)c2cc(-c3ccc(C(C)=NOC)cc3)ccn2c1=O. The van der Waals surface area contributed by atoms with Crippen molar-refractivity contribution in [2.75, 3.05) is 13.7 Å². The summed E-state index contributed by atoms with van der Waals surface area (Å²) < 4.78 is 6.75. The highest BCUT2D eigenvalue weighted by Crippen LogP contribution is 2.44. The van der Waals surface area contributed by atoms with Gasteiger partial charge in [-0.3, -0.25) is 9.20 Å². The Labute approximate surface area is 181 Å². The number of esters is 1. The van der Waals surface area contributed by atoms with Gasteiger partial charge in [0, 0.05) is 6.20 Å². The maximum atomic E-state index is 13.1. The van der Waals surface area contributed by atoms with E-state index < -0.39 is 5.97 Å². The molecule has 0 bridgehead atoms. The molecule has 0 radical (unpaired) electrons. The van der Waals surface area contributed by atoms with E-state index in [9.17, 15) is 9.59 Å². The molecule has 1 aliphatic rings. The zero-order chi connectivity index (χ0) is 22.1. The van der Waals surface area contributed by atoms with Gasteiger partial charge in [0.05, 0.1) is 17.8 Å². The van der Waals surface area contributed by atoms with Gasteiger partial charge in [-0.15, -0.1) is 0 Å². The summed E-state index contributed by atoms with van der Waals surface area (Å²) in [6.07, 6.45) is 3.88. The monoisotopic (exact) mass is 418 g/mol. The van der Waals surface area contributed by atoms with E-state index in [1.54, 1.807) is 17.5 Å². The summed E-state index contributed by atoms with van der Waals surface area (Å²) in [5.41, 5.74) is 6.32. The van der Waals surface area contributed by atoms with Crippen molar-refractivity contribution < 1.29 is 14.4 Å². The minimum atomic E-state index is -0.547. The number of rotatable bonds is 6. The minimum Gasteiger partial charge on any atom is -0.462 e. The number of ether oxygens (including phenoxy) is 1. The van der Waals surface area contributed by atoms with Gasteiger partial charge in [0.1, 0.15) is 12.7 Å². The third kappa shape index (κ3) is 3.85. The molecule has 0 aliphatic heterocycles. The highest BCUT2D eigenvalue weighted by Gasteiger charge is 2.31. The number of oxime groups is 1. The highest BCUT2D eigenvalue weighted by molar-refractivity contribution is 5.98. The van der Waals surface area contributed by atoms with Crippen molar-refractivity contribution in [2.45, 2.75) is 39.5 Å². The smallest absolute Gasteiger partial charge is 0.344 e. The van der Waals surface area contributed by atoms with Crippen molar-refractivity contribution in [3.05, 3.63) is 75.2 Å². The first-order valence-corrected chi connectivity index (χ1v) is 10.5. The van der Waals surface area contributed by atoms with Crippen LogP contribution in [0.25, 0.3) is 16.6 Å². The molecular weight excluding hydrogens is 392 g/mol. The quantitative estimate of drug-likeness (QED) is 0.331. The number of aromatic nitrogens is 1. The lowest BCUT2D eigenvalue weighted by molar-refractivity contribution is 0.0523. The third-order valence-electron chi connectivity index (χ3n) is 5.77. The Morgan fingerprint density at radius 1 is 1.16 bits per heavy atom. The molecule has 0 N–H and O–H groups in total. The first kappa shape index (κ1) is 20.8. The fourth-order valence-electron chi connectivity index (χ4n) is 4.10. The standard InChI is InChI=1S/C25H26N2O4/c1-5-31-25(29)23-15(2)22(19-10-11-19)21-14-20(12-13-27(21)24(23)28)18-8-6-17(7-9-18)16(3)26-30-4/h6-9,12-14,19H,5,10-11H2,1-4H3. The molecule has 2 heterocycles. The lowest BCUT2D eigenvalue weighted by Crippen LogP contribution is -2.26. The van der Waals surface area contributed by atoms with Crippen LogP contribution in [0.4, 0.5) is 0 Å². The number of pyridine rings is 2. The summed E-state index contributed by atoms with van der Waals surface area (Å²) >= 11 is 0. The van der Waals surface area contributed by atoms with E-state index >= 15 is 0 Å². The van der Waals surface area contributed by atoms with E-state index in [1.165, 1.54) is 7.11 Å². The Morgan fingerprint density at radius 2 is 1.87 bits per heavy atom. The van der Waals surface area contributed by atoms with Crippen molar-refractivity contribution in [1.29, 1.82) is 0 Å². The molecule has 0 amide bonds. The van der Waals surface area contributed by atoms with Crippen LogP contribution in [0.15, 0.2) is 52.5 Å². The van der Waals surface area contributed by atoms with E-state index in [4.69, 9.17) is 9.57 Å². The molecule has 2 aromatic heterocycles. The van der Waals surface area contributed by atoms with E-state index in [0.29, 0.717) is 5.92 Å². The van der Waals surface area contributed by atoms with E-state index in [0.717, 1.165) is 51.9 Å². The number of nitrogens with zero attached hydrogens (tertiary/aromatic N) is 2. The van der Waals surface area contributed by atoms with Gasteiger partial charge in [-0.25, -0.2) is 4.79 Å². The average molecular weight is 418 g/mol. The van der Waals surface area contributed by atoms with Gasteiger partial charge in [-0.1, -0.05) is 29.4 Å². The first-order valence-electron chi connectivity index (χ1n) is 10.5. The average Bonchev–Trinajstić information content (AvgIpc) is 3.59. The number of carbonyl (C=O) groups excluding carboxylic acids is 1. The Kier molecular flexibility index (Phi) is 5.63. The van der Waals surface area contributed by atoms with Crippen LogP contribution >= 0.6 is 0 Å². The maximum Gasteiger partial charge on any atom is 0.344 e. The van der Waals surface area contributed by atoms with E-state index in [-0.39, 0.29) is 17.7 Å². The molecule has 6 heteroatoms. The molecule has 31 heavy (non-hydrogen) atoms. The molecule has 3 aromatic rings. The van der Waals surface area contributed by atoms with Crippen LogP contribution in [-0.2, 0) is 9.57 Å². The topological polar surface area (TPSA) is 69.4 Å². The summed E-state index contributed by atoms with van der Waals surface area (Å²) in [5.74, 6) is -0.177. The van der Waals surface area contributed by atoms with Crippen molar-refractivity contribution in [1.82, 2.24) is 4.40 Å². The van der Waals surface area contributed by atoms with E-state index in [2.05, 4.69) is 5.16 Å². The first-order chi connectivity index (χ1) is 15.0. The van der Waals surface area contributed by atoms with Crippen molar-refractivity contribution in [3.63, 3.8) is 0 Å². The molecular formula is C25H26N2O4. The zero-order valence-electron chi connectivity index (χ0n) is 18.3. The zero-order valence-corrected chi connectivity index (χ0v) is 18.3. The van der Waals surface area contributed by atoms with Crippen molar-refractivity contribution >= 4 is 17.2 Å². The summed E-state index contributed by atoms with van der Waals surface area (Å²) in [7, 11) is 1.53. The van der Waals surface area contributed by atoms with Crippen LogP contribution in [0.1, 0.15) is 59.7 Å². The minimum absolute atomic E-state index is 0.145. The Morgan fingerprint density at radius 3 is 2.48 bits per heavy atom. The predicted molar refractivity (Wildman–Crippen MR) is 121 cm³/mol. The number of carbonyl (C=O) groups is 1. The Balaban J connectivity index is 1.85. The van der Waals surface area contributed by atoms with Crippen LogP contribution in [0.3, 0.4) is 0 Å². The molecule has 1 aliphatic carbocycles. The molecule has 0 spiro atoms. The second-order valence-electron chi connectivity index (χ2n) is 7.82. The Hall–Kier alpha value is -3.41. The van der Waals surface area contributed by atoms with Crippen LogP contribution in [0.5, 0.6) is 0 Å². The second kappa shape index (κ2) is 8.38. The van der Waals surface area contributed by atoms with Gasteiger partial charge < -0.3 is 9.57 Å². The van der Waals surface area contributed by atoms with E-state index in [1.807, 2.05) is 50.2 Å². The second-order valence-corrected chi connectivity index (χ2v) is 7.82. The molecule has 1 saturated carbocycles. The van der Waals surface area contributed by atoms with Crippen LogP contribution in [0, 0.1) is 6.92 Å². The summed E-state index contributed by atoms with van der Waals surface area (Å²) in [4.78, 5) is 30.5. The van der Waals surface area contributed by atoms with Gasteiger partial charge in [-0.2, -0.15) is 0 Å². The lowest BCUT2D eigenvalue weighted by Gasteiger charge is -2.16. The molecule has 0 saturated heterocycles. The number of benzene rings is 1. The van der Waals surface area contributed by atoms with Gasteiger partial charge in [0.2, 0.25) is 0 Å². The fourth-order valence-corrected chi connectivity index (χ4v) is 4.10. The number of hydrogen-bond donors (Lipinski definition) is 0. The number of hydrogen-bond acceptors (Lipinski definition) is 5. The van der Waals surface area contributed by atoms with Crippen LogP contribution < -0.4 is 5.56 Å². The van der Waals surface area contributed by atoms with Gasteiger partial charge >= 0.3 is 5.97 Å². The fraction of sp³-hybridized carbons (Fsp3) is 0.320. The number of fused-ring (bicyclic) bond motifs is 1. The van der Waals surface area contributed by atoms with Crippen molar-refractivity contribution in [2.24, 2.45) is 5.16 Å². The molecule has 0 atom stereocenters. The summed E-state index contributed by atoms with van der Waals surface area (Å²) in [6, 6.07) is 12.0. The molecule has 1 fully saturated rings. The molecule has 6 nitrogen and oxygen atoms in total. The molecule has 0 unspecified atom stereocenters. The van der Waals surface area contributed by atoms with Crippen LogP contribution in [-0.4, -0.2) is 29.8 Å². The highest BCUT2D eigenvalue weighted by atomic mass is 16.6. The molecule has 160 valence electrons. The summed E-state index contributed by atoms with van der Waals surface area (Å²) in [6.45, 7) is 5.74. The predicted octanol–water partition coefficient (Wildman–Crippen LogP) is 4.70. The largest absolute Gasteiger partial charge is 0.462 e. The third-order valence-corrected chi connectivity index (χ3v) is 5.77. The summed E-state index contributed by atoms with van der Waals surface area (Å²) in [5, 5.41) is 3.97. The van der Waals surface area contributed by atoms with Gasteiger partial charge in [0.25, 0.3) is 5.56 Å². The van der Waals surface area contributed by atoms with Gasteiger partial charge in [-0.05, 0) is 79.5 Å². The van der Waals surface area contributed by atoms with Crippen molar-refractivity contribution in [3.8, 4) is 11.1 Å². The van der Waals surface area contributed by atoms with Gasteiger partial charge in [0.15, 0.2) is 0 Å². The van der Waals surface area contributed by atoms with Crippen LogP contribution in [0.2, 0.25) is 0 Å².